The Kier molecular flexibility index (Phi) is 4.31. The third kappa shape index (κ3) is 3.40. The maximum absolute atomic E-state index is 10.1. The number of aliphatic hydroxyl groups excluding tert-OH is 1. The topological polar surface area (TPSA) is 29.5 Å². The lowest BCUT2D eigenvalue weighted by molar-refractivity contribution is 0.178. The standard InChI is InChI=1S/C14H16O2S/c1-16-10-11-4-6-12(7-5-11)14(15)9-13-3-2-8-17-13/h2-8,14-15H,9-10H2,1H3. The summed E-state index contributed by atoms with van der Waals surface area (Å²) in [6.45, 7) is 0.612. The van der Waals surface area contributed by atoms with Crippen molar-refractivity contribution in [2.75, 3.05) is 7.11 Å². The number of methoxy groups -OCH3 is 1. The van der Waals surface area contributed by atoms with E-state index in [2.05, 4.69) is 0 Å². The van der Waals surface area contributed by atoms with E-state index in [4.69, 9.17) is 4.74 Å². The summed E-state index contributed by atoms with van der Waals surface area (Å²) in [6, 6.07) is 12.0. The van der Waals surface area contributed by atoms with Crippen LogP contribution in [-0.2, 0) is 17.8 Å². The van der Waals surface area contributed by atoms with Crippen molar-refractivity contribution in [2.24, 2.45) is 0 Å². The molecule has 1 aromatic carbocycles. The molecule has 1 atom stereocenters. The van der Waals surface area contributed by atoms with Crippen molar-refractivity contribution < 1.29 is 9.84 Å². The molecule has 0 fully saturated rings. The van der Waals surface area contributed by atoms with Crippen LogP contribution >= 0.6 is 11.3 Å². The van der Waals surface area contributed by atoms with E-state index in [9.17, 15) is 5.11 Å². The predicted octanol–water partition coefficient (Wildman–Crippen LogP) is 3.17. The van der Waals surface area contributed by atoms with Crippen LogP contribution in [0.4, 0.5) is 0 Å². The Balaban J connectivity index is 2.01. The molecule has 2 nitrogen and oxygen atoms in total. The molecule has 0 saturated carbocycles. The molecule has 0 aliphatic rings. The summed E-state index contributed by atoms with van der Waals surface area (Å²) >= 11 is 1.68. The predicted molar refractivity (Wildman–Crippen MR) is 70.1 cm³/mol. The molecule has 0 saturated heterocycles. The molecule has 90 valence electrons. The molecule has 1 unspecified atom stereocenters. The molecule has 3 heteroatoms. The van der Waals surface area contributed by atoms with Crippen molar-refractivity contribution in [3.63, 3.8) is 0 Å². The second kappa shape index (κ2) is 5.96. The Morgan fingerprint density at radius 1 is 1.24 bits per heavy atom. The summed E-state index contributed by atoms with van der Waals surface area (Å²) < 4.78 is 5.05. The van der Waals surface area contributed by atoms with Gasteiger partial charge in [0.05, 0.1) is 12.7 Å². The highest BCUT2D eigenvalue weighted by atomic mass is 32.1. The van der Waals surface area contributed by atoms with Crippen molar-refractivity contribution in [1.82, 2.24) is 0 Å². The summed E-state index contributed by atoms with van der Waals surface area (Å²) in [4.78, 5) is 1.21. The first kappa shape index (κ1) is 12.3. The van der Waals surface area contributed by atoms with Gasteiger partial charge in [0.2, 0.25) is 0 Å². The normalized spacial score (nSPS) is 12.6. The van der Waals surface area contributed by atoms with Crippen molar-refractivity contribution >= 4 is 11.3 Å². The largest absolute Gasteiger partial charge is 0.388 e. The van der Waals surface area contributed by atoms with E-state index in [0.29, 0.717) is 13.0 Å². The summed E-state index contributed by atoms with van der Waals surface area (Å²) in [5.74, 6) is 0. The Labute approximate surface area is 105 Å². The number of benzene rings is 1. The summed E-state index contributed by atoms with van der Waals surface area (Å²) in [5.41, 5.74) is 2.08. The SMILES string of the molecule is COCc1ccc(C(O)Cc2cccs2)cc1. The molecule has 1 heterocycles. The van der Waals surface area contributed by atoms with E-state index < -0.39 is 6.10 Å². The molecule has 0 aliphatic carbocycles. The molecule has 2 rings (SSSR count). The molecule has 2 aromatic rings. The van der Waals surface area contributed by atoms with Gasteiger partial charge in [-0.15, -0.1) is 11.3 Å². The van der Waals surface area contributed by atoms with Crippen molar-refractivity contribution in [3.8, 4) is 0 Å². The van der Waals surface area contributed by atoms with Crippen LogP contribution in [0, 0.1) is 0 Å². The van der Waals surface area contributed by atoms with Gasteiger partial charge < -0.3 is 9.84 Å². The second-order valence-corrected chi connectivity index (χ2v) is 5.01. The smallest absolute Gasteiger partial charge is 0.0838 e. The number of ether oxygens (including phenoxy) is 1. The lowest BCUT2D eigenvalue weighted by Crippen LogP contribution is -2.00. The number of aliphatic hydroxyl groups is 1. The van der Waals surface area contributed by atoms with Crippen LogP contribution in [0.15, 0.2) is 41.8 Å². The van der Waals surface area contributed by atoms with Crippen LogP contribution in [0.25, 0.3) is 0 Å². The van der Waals surface area contributed by atoms with Crippen LogP contribution < -0.4 is 0 Å². The average molecular weight is 248 g/mol. The van der Waals surface area contributed by atoms with Gasteiger partial charge in [-0.2, -0.15) is 0 Å². The Bertz CT molecular complexity index is 434. The van der Waals surface area contributed by atoms with Crippen molar-refractivity contribution in [2.45, 2.75) is 19.1 Å². The van der Waals surface area contributed by atoms with E-state index >= 15 is 0 Å². The molecule has 17 heavy (non-hydrogen) atoms. The molecule has 0 aliphatic heterocycles. The quantitative estimate of drug-likeness (QED) is 0.880. The van der Waals surface area contributed by atoms with E-state index in [1.165, 1.54) is 4.88 Å². The van der Waals surface area contributed by atoms with Crippen LogP contribution in [-0.4, -0.2) is 12.2 Å². The second-order valence-electron chi connectivity index (χ2n) is 3.97. The first-order valence-corrected chi connectivity index (χ1v) is 6.46. The molecule has 0 bridgehead atoms. The van der Waals surface area contributed by atoms with Gasteiger partial charge in [0.15, 0.2) is 0 Å². The first-order chi connectivity index (χ1) is 8.29. The van der Waals surface area contributed by atoms with E-state index in [1.807, 2.05) is 41.8 Å². The number of thiophene rings is 1. The fourth-order valence-electron chi connectivity index (χ4n) is 1.74. The minimum absolute atomic E-state index is 0.426. The van der Waals surface area contributed by atoms with Crippen LogP contribution in [0.3, 0.4) is 0 Å². The summed E-state index contributed by atoms with van der Waals surface area (Å²) in [7, 11) is 1.68. The minimum Gasteiger partial charge on any atom is -0.388 e. The van der Waals surface area contributed by atoms with Crippen molar-refractivity contribution in [3.05, 3.63) is 57.8 Å². The fraction of sp³-hybridized carbons (Fsp3) is 0.286. The first-order valence-electron chi connectivity index (χ1n) is 5.58. The summed E-state index contributed by atoms with van der Waals surface area (Å²) in [5, 5.41) is 12.1. The highest BCUT2D eigenvalue weighted by Crippen LogP contribution is 2.21. The maximum atomic E-state index is 10.1. The molecule has 0 spiro atoms. The van der Waals surface area contributed by atoms with Crippen LogP contribution in [0.1, 0.15) is 22.1 Å². The molecule has 0 radical (unpaired) electrons. The maximum Gasteiger partial charge on any atom is 0.0838 e. The number of rotatable bonds is 5. The van der Waals surface area contributed by atoms with Gasteiger partial charge in [-0.3, -0.25) is 0 Å². The third-order valence-corrected chi connectivity index (χ3v) is 3.55. The minimum atomic E-state index is -0.426. The molecular weight excluding hydrogens is 232 g/mol. The third-order valence-electron chi connectivity index (χ3n) is 2.65. The highest BCUT2D eigenvalue weighted by Gasteiger charge is 2.08. The van der Waals surface area contributed by atoms with Gasteiger partial charge in [0.25, 0.3) is 0 Å². The lowest BCUT2D eigenvalue weighted by atomic mass is 10.0. The van der Waals surface area contributed by atoms with E-state index in [1.54, 1.807) is 18.4 Å². The highest BCUT2D eigenvalue weighted by molar-refractivity contribution is 7.09. The Hall–Kier alpha value is -1.16. The Morgan fingerprint density at radius 2 is 2.00 bits per heavy atom. The average Bonchev–Trinajstić information content (AvgIpc) is 2.83. The Morgan fingerprint density at radius 3 is 2.59 bits per heavy atom. The van der Waals surface area contributed by atoms with Gasteiger partial charge in [-0.1, -0.05) is 30.3 Å². The van der Waals surface area contributed by atoms with Gasteiger partial charge in [-0.05, 0) is 22.6 Å². The monoisotopic (exact) mass is 248 g/mol. The van der Waals surface area contributed by atoms with Gasteiger partial charge in [-0.25, -0.2) is 0 Å². The zero-order valence-electron chi connectivity index (χ0n) is 9.80. The molecule has 1 N–H and O–H groups in total. The zero-order chi connectivity index (χ0) is 12.1. The number of hydrogen-bond donors (Lipinski definition) is 1. The lowest BCUT2D eigenvalue weighted by Gasteiger charge is -2.10. The number of hydrogen-bond acceptors (Lipinski definition) is 3. The molecule has 0 amide bonds. The van der Waals surface area contributed by atoms with Crippen molar-refractivity contribution in [1.29, 1.82) is 0 Å². The van der Waals surface area contributed by atoms with E-state index in [0.717, 1.165) is 11.1 Å². The van der Waals surface area contributed by atoms with Crippen LogP contribution in [0.2, 0.25) is 0 Å². The van der Waals surface area contributed by atoms with E-state index in [-0.39, 0.29) is 0 Å². The zero-order valence-corrected chi connectivity index (χ0v) is 10.6. The molecular formula is C14H16O2S. The van der Waals surface area contributed by atoms with Gasteiger partial charge in [0, 0.05) is 18.4 Å². The van der Waals surface area contributed by atoms with Gasteiger partial charge in [0.1, 0.15) is 0 Å². The van der Waals surface area contributed by atoms with Crippen LogP contribution in [0.5, 0.6) is 0 Å². The molecule has 1 aromatic heterocycles. The summed E-state index contributed by atoms with van der Waals surface area (Å²) in [6.07, 6.45) is 0.256. The van der Waals surface area contributed by atoms with Gasteiger partial charge >= 0.3 is 0 Å². The fourth-order valence-corrected chi connectivity index (χ4v) is 2.48.